The molecule has 1 aromatic carbocycles. The van der Waals surface area contributed by atoms with E-state index in [0.717, 1.165) is 12.1 Å². The molecule has 1 aliphatic rings. The molecule has 0 spiro atoms. The fraction of sp³-hybridized carbons (Fsp3) is 0.524. The van der Waals surface area contributed by atoms with Crippen LogP contribution in [0.15, 0.2) is 30.3 Å². The maximum absolute atomic E-state index is 12.9. The summed E-state index contributed by atoms with van der Waals surface area (Å²) in [6, 6.07) is 9.61. The lowest BCUT2D eigenvalue weighted by molar-refractivity contribution is -0.122. The van der Waals surface area contributed by atoms with Gasteiger partial charge in [0.05, 0.1) is 11.7 Å². The number of benzene rings is 1. The number of carbonyl (C=O) groups is 2. The van der Waals surface area contributed by atoms with Gasteiger partial charge in [-0.15, -0.1) is 5.10 Å². The number of nitrogens with one attached hydrogen (secondary N) is 1. The molecule has 28 heavy (non-hydrogen) atoms. The summed E-state index contributed by atoms with van der Waals surface area (Å²) in [6.07, 6.45) is 1.40. The molecule has 2 heterocycles. The van der Waals surface area contributed by atoms with Crippen LogP contribution in [0, 0.1) is 18.8 Å². The van der Waals surface area contributed by atoms with E-state index in [2.05, 4.69) is 36.2 Å². The largest absolute Gasteiger partial charge is 0.351 e. The van der Waals surface area contributed by atoms with Gasteiger partial charge in [-0.05, 0) is 37.3 Å². The van der Waals surface area contributed by atoms with Crippen molar-refractivity contribution >= 4 is 11.8 Å². The lowest BCUT2D eigenvalue weighted by Crippen LogP contribution is -2.40. The van der Waals surface area contributed by atoms with Gasteiger partial charge >= 0.3 is 0 Å². The van der Waals surface area contributed by atoms with E-state index < -0.39 is 0 Å². The summed E-state index contributed by atoms with van der Waals surface area (Å²) >= 11 is 0. The van der Waals surface area contributed by atoms with E-state index in [0.29, 0.717) is 31.3 Å². The second-order valence-electron chi connectivity index (χ2n) is 8.02. The summed E-state index contributed by atoms with van der Waals surface area (Å²) in [5, 5.41) is 7.50. The predicted octanol–water partition coefficient (Wildman–Crippen LogP) is 2.59. The lowest BCUT2D eigenvalue weighted by Gasteiger charge is -2.17. The first-order valence-corrected chi connectivity index (χ1v) is 9.93. The standard InChI is InChI=1S/C21H29N5O2/c1-14(2)10-11-19(27)23-18-13-25(12-15(18)3)21(28)20-22-16(4)26(24-20)17-8-6-5-7-9-17/h5-9,14-15,18H,10-13H2,1-4H3,(H,23,27)/t15-,18+/m1/s1. The Balaban J connectivity index is 1.65. The van der Waals surface area contributed by atoms with Crippen LogP contribution < -0.4 is 5.32 Å². The van der Waals surface area contributed by atoms with Crippen molar-refractivity contribution in [3.63, 3.8) is 0 Å². The monoisotopic (exact) mass is 383 g/mol. The molecule has 2 atom stereocenters. The Morgan fingerprint density at radius 3 is 2.61 bits per heavy atom. The van der Waals surface area contributed by atoms with E-state index in [-0.39, 0.29) is 29.6 Å². The fourth-order valence-corrected chi connectivity index (χ4v) is 3.46. The quantitative estimate of drug-likeness (QED) is 0.831. The van der Waals surface area contributed by atoms with Crippen molar-refractivity contribution in [3.8, 4) is 5.69 Å². The smallest absolute Gasteiger partial charge is 0.293 e. The number of nitrogens with zero attached hydrogens (tertiary/aromatic N) is 4. The van der Waals surface area contributed by atoms with E-state index >= 15 is 0 Å². The SMILES string of the molecule is Cc1nc(C(=O)N2C[C@@H](C)[C@@H](NC(=O)CCC(C)C)C2)nn1-c1ccccc1. The Kier molecular flexibility index (Phi) is 6.11. The van der Waals surface area contributed by atoms with Gasteiger partial charge in [0.1, 0.15) is 5.82 Å². The van der Waals surface area contributed by atoms with Crippen LogP contribution in [0.5, 0.6) is 0 Å². The van der Waals surface area contributed by atoms with Gasteiger partial charge in [0.2, 0.25) is 11.7 Å². The Hall–Kier alpha value is -2.70. The van der Waals surface area contributed by atoms with E-state index in [1.165, 1.54) is 0 Å². The minimum atomic E-state index is -0.191. The zero-order valence-electron chi connectivity index (χ0n) is 17.1. The molecule has 7 nitrogen and oxygen atoms in total. The van der Waals surface area contributed by atoms with Crippen molar-refractivity contribution < 1.29 is 9.59 Å². The van der Waals surface area contributed by atoms with Crippen LogP contribution in [-0.2, 0) is 4.79 Å². The van der Waals surface area contributed by atoms with Crippen molar-refractivity contribution in [2.45, 2.75) is 46.6 Å². The number of para-hydroxylation sites is 1. The van der Waals surface area contributed by atoms with E-state index in [1.54, 1.807) is 9.58 Å². The van der Waals surface area contributed by atoms with Crippen LogP contribution in [-0.4, -0.2) is 50.6 Å². The Bertz CT molecular complexity index is 831. The number of likely N-dealkylation sites (tertiary alicyclic amines) is 1. The van der Waals surface area contributed by atoms with Crippen molar-refractivity contribution in [2.75, 3.05) is 13.1 Å². The average molecular weight is 383 g/mol. The number of carbonyl (C=O) groups excluding carboxylic acids is 2. The molecule has 0 radical (unpaired) electrons. The molecule has 1 fully saturated rings. The van der Waals surface area contributed by atoms with Crippen LogP contribution in [0.1, 0.15) is 50.1 Å². The van der Waals surface area contributed by atoms with Gasteiger partial charge in [-0.2, -0.15) is 0 Å². The Morgan fingerprint density at radius 1 is 1.21 bits per heavy atom. The highest BCUT2D eigenvalue weighted by molar-refractivity contribution is 5.91. The second kappa shape index (κ2) is 8.54. The van der Waals surface area contributed by atoms with Crippen LogP contribution in [0.2, 0.25) is 0 Å². The highest BCUT2D eigenvalue weighted by Gasteiger charge is 2.35. The molecule has 0 aliphatic carbocycles. The Morgan fingerprint density at radius 2 is 1.93 bits per heavy atom. The van der Waals surface area contributed by atoms with Crippen LogP contribution in [0.4, 0.5) is 0 Å². The molecule has 2 aromatic rings. The fourth-order valence-electron chi connectivity index (χ4n) is 3.46. The third-order valence-electron chi connectivity index (χ3n) is 5.16. The molecule has 1 aliphatic heterocycles. The van der Waals surface area contributed by atoms with Crippen LogP contribution in [0.25, 0.3) is 5.69 Å². The number of aryl methyl sites for hydroxylation is 1. The normalized spacial score (nSPS) is 19.2. The van der Waals surface area contributed by atoms with Gasteiger partial charge in [-0.25, -0.2) is 9.67 Å². The first-order valence-electron chi connectivity index (χ1n) is 9.93. The zero-order chi connectivity index (χ0) is 20.3. The van der Waals surface area contributed by atoms with Gasteiger partial charge in [0.25, 0.3) is 5.91 Å². The first-order chi connectivity index (χ1) is 13.3. The van der Waals surface area contributed by atoms with Gasteiger partial charge < -0.3 is 10.2 Å². The van der Waals surface area contributed by atoms with Crippen molar-refractivity contribution in [1.29, 1.82) is 0 Å². The number of hydrogen-bond acceptors (Lipinski definition) is 4. The third-order valence-corrected chi connectivity index (χ3v) is 5.16. The van der Waals surface area contributed by atoms with Gasteiger partial charge in [-0.1, -0.05) is 39.0 Å². The topological polar surface area (TPSA) is 80.1 Å². The lowest BCUT2D eigenvalue weighted by atomic mass is 10.0. The zero-order valence-corrected chi connectivity index (χ0v) is 17.1. The maximum Gasteiger partial charge on any atom is 0.293 e. The average Bonchev–Trinajstić information content (AvgIpc) is 3.23. The van der Waals surface area contributed by atoms with Gasteiger partial charge in [0, 0.05) is 19.5 Å². The summed E-state index contributed by atoms with van der Waals surface area (Å²) in [6.45, 7) is 9.19. The molecule has 1 N–H and O–H groups in total. The molecule has 0 unspecified atom stereocenters. The van der Waals surface area contributed by atoms with E-state index in [1.807, 2.05) is 37.3 Å². The van der Waals surface area contributed by atoms with Crippen molar-refractivity contribution in [3.05, 3.63) is 42.0 Å². The van der Waals surface area contributed by atoms with Gasteiger partial charge in [0.15, 0.2) is 0 Å². The summed E-state index contributed by atoms with van der Waals surface area (Å²) in [7, 11) is 0. The van der Waals surface area contributed by atoms with Gasteiger partial charge in [-0.3, -0.25) is 9.59 Å². The number of amides is 2. The summed E-state index contributed by atoms with van der Waals surface area (Å²) in [5.74, 6) is 1.43. The molecule has 150 valence electrons. The summed E-state index contributed by atoms with van der Waals surface area (Å²) < 4.78 is 1.68. The molecule has 0 bridgehead atoms. The van der Waals surface area contributed by atoms with E-state index in [9.17, 15) is 9.59 Å². The minimum absolute atomic E-state index is 0.0269. The van der Waals surface area contributed by atoms with Crippen molar-refractivity contribution in [1.82, 2.24) is 25.0 Å². The molecular formula is C21H29N5O2. The maximum atomic E-state index is 12.9. The Labute approximate surface area is 166 Å². The first kappa shape index (κ1) is 20.0. The summed E-state index contributed by atoms with van der Waals surface area (Å²) in [5.41, 5.74) is 0.872. The third kappa shape index (κ3) is 4.58. The highest BCUT2D eigenvalue weighted by atomic mass is 16.2. The minimum Gasteiger partial charge on any atom is -0.351 e. The van der Waals surface area contributed by atoms with E-state index in [4.69, 9.17) is 0 Å². The van der Waals surface area contributed by atoms with Crippen LogP contribution in [0.3, 0.4) is 0 Å². The van der Waals surface area contributed by atoms with Crippen LogP contribution >= 0.6 is 0 Å². The highest BCUT2D eigenvalue weighted by Crippen LogP contribution is 2.19. The molecule has 7 heteroatoms. The molecule has 1 saturated heterocycles. The number of hydrogen-bond donors (Lipinski definition) is 1. The molecule has 0 saturated carbocycles. The molecular weight excluding hydrogens is 354 g/mol. The molecule has 1 aromatic heterocycles. The number of rotatable bonds is 6. The molecule has 3 rings (SSSR count). The van der Waals surface area contributed by atoms with Crippen molar-refractivity contribution in [2.24, 2.45) is 11.8 Å². The number of aromatic nitrogens is 3. The molecule has 2 amide bonds. The summed E-state index contributed by atoms with van der Waals surface area (Å²) in [4.78, 5) is 31.2. The second-order valence-corrected chi connectivity index (χ2v) is 8.02. The predicted molar refractivity (Wildman–Crippen MR) is 107 cm³/mol.